The fourth-order valence-corrected chi connectivity index (χ4v) is 1.10. The van der Waals surface area contributed by atoms with Crippen LogP contribution in [0, 0.1) is 11.8 Å². The quantitative estimate of drug-likeness (QED) is 0.537. The van der Waals surface area contributed by atoms with Crippen LogP contribution in [-0.2, 0) is 4.79 Å². The lowest BCUT2D eigenvalue weighted by molar-refractivity contribution is -0.141. The Morgan fingerprint density at radius 3 is 2.67 bits per heavy atom. The van der Waals surface area contributed by atoms with Gasteiger partial charge in [-0.1, -0.05) is 19.1 Å². The van der Waals surface area contributed by atoms with Crippen molar-refractivity contribution in [2.75, 3.05) is 0 Å². The number of aliphatic carboxylic acids is 1. The molecule has 50 valence electrons. The van der Waals surface area contributed by atoms with Gasteiger partial charge in [0.15, 0.2) is 0 Å². The second-order valence-corrected chi connectivity index (χ2v) is 2.51. The Labute approximate surface area is 54.2 Å². The highest BCUT2D eigenvalue weighted by Gasteiger charge is 2.24. The number of carboxylic acids is 1. The van der Waals surface area contributed by atoms with Gasteiger partial charge in [-0.3, -0.25) is 4.79 Å². The van der Waals surface area contributed by atoms with E-state index in [1.807, 2.05) is 13.0 Å². The lowest BCUT2D eigenvalue weighted by atomic mass is 9.98. The van der Waals surface area contributed by atoms with Gasteiger partial charge >= 0.3 is 5.97 Å². The topological polar surface area (TPSA) is 37.3 Å². The number of rotatable bonds is 1. The summed E-state index contributed by atoms with van der Waals surface area (Å²) in [6.45, 7) is 1.96. The van der Waals surface area contributed by atoms with Crippen LogP contribution in [0.25, 0.3) is 0 Å². The normalized spacial score (nSPS) is 33.0. The van der Waals surface area contributed by atoms with Crippen molar-refractivity contribution in [3.05, 3.63) is 12.2 Å². The monoisotopic (exact) mass is 126 g/mol. The molecule has 1 N–H and O–H groups in total. The van der Waals surface area contributed by atoms with Crippen molar-refractivity contribution in [2.24, 2.45) is 11.8 Å². The summed E-state index contributed by atoms with van der Waals surface area (Å²) < 4.78 is 0. The molecule has 0 aliphatic heterocycles. The van der Waals surface area contributed by atoms with Crippen molar-refractivity contribution < 1.29 is 9.90 Å². The Morgan fingerprint density at radius 1 is 1.78 bits per heavy atom. The van der Waals surface area contributed by atoms with Gasteiger partial charge < -0.3 is 5.11 Å². The highest BCUT2D eigenvalue weighted by atomic mass is 16.4. The molecule has 0 aromatic heterocycles. The lowest BCUT2D eigenvalue weighted by Crippen LogP contribution is -2.15. The number of carboxylic acid groups (broad SMARTS) is 1. The molecular weight excluding hydrogens is 116 g/mol. The number of hydrogen-bond acceptors (Lipinski definition) is 1. The van der Waals surface area contributed by atoms with Gasteiger partial charge in [-0.2, -0.15) is 0 Å². The maximum absolute atomic E-state index is 10.4. The van der Waals surface area contributed by atoms with E-state index >= 15 is 0 Å². The van der Waals surface area contributed by atoms with E-state index in [9.17, 15) is 4.79 Å². The first-order valence-corrected chi connectivity index (χ1v) is 3.11. The van der Waals surface area contributed by atoms with Crippen molar-refractivity contribution in [1.82, 2.24) is 0 Å². The molecule has 1 rings (SSSR count). The van der Waals surface area contributed by atoms with Crippen LogP contribution in [0.2, 0.25) is 0 Å². The maximum atomic E-state index is 10.4. The fraction of sp³-hybridized carbons (Fsp3) is 0.571. The molecule has 0 aromatic carbocycles. The molecule has 0 radical (unpaired) electrons. The summed E-state index contributed by atoms with van der Waals surface area (Å²) in [6, 6.07) is 0. The van der Waals surface area contributed by atoms with Gasteiger partial charge in [-0.05, 0) is 12.3 Å². The molecule has 9 heavy (non-hydrogen) atoms. The van der Waals surface area contributed by atoms with Gasteiger partial charge in [0, 0.05) is 0 Å². The second-order valence-electron chi connectivity index (χ2n) is 2.51. The average molecular weight is 126 g/mol. The largest absolute Gasteiger partial charge is 0.481 e. The smallest absolute Gasteiger partial charge is 0.310 e. The van der Waals surface area contributed by atoms with E-state index in [0.29, 0.717) is 5.92 Å². The predicted molar refractivity (Wildman–Crippen MR) is 34.0 cm³/mol. The highest BCUT2D eigenvalue weighted by molar-refractivity contribution is 5.73. The van der Waals surface area contributed by atoms with Crippen molar-refractivity contribution in [3.8, 4) is 0 Å². The molecule has 0 bridgehead atoms. The van der Waals surface area contributed by atoms with E-state index < -0.39 is 5.97 Å². The zero-order valence-corrected chi connectivity index (χ0v) is 5.37. The third-order valence-corrected chi connectivity index (χ3v) is 1.75. The van der Waals surface area contributed by atoms with Crippen LogP contribution < -0.4 is 0 Å². The summed E-state index contributed by atoms with van der Waals surface area (Å²) in [5.74, 6) is -0.635. The molecule has 0 saturated heterocycles. The first-order valence-electron chi connectivity index (χ1n) is 3.11. The van der Waals surface area contributed by atoms with Crippen LogP contribution in [0.15, 0.2) is 12.2 Å². The number of allylic oxidation sites excluding steroid dienone is 1. The van der Waals surface area contributed by atoms with Crippen molar-refractivity contribution in [1.29, 1.82) is 0 Å². The molecule has 0 saturated carbocycles. The van der Waals surface area contributed by atoms with Gasteiger partial charge in [0.1, 0.15) is 0 Å². The van der Waals surface area contributed by atoms with Crippen molar-refractivity contribution in [3.63, 3.8) is 0 Å². The Morgan fingerprint density at radius 2 is 2.44 bits per heavy atom. The summed E-state index contributed by atoms with van der Waals surface area (Å²) in [5.41, 5.74) is 0. The summed E-state index contributed by atoms with van der Waals surface area (Å²) >= 11 is 0. The van der Waals surface area contributed by atoms with Crippen molar-refractivity contribution >= 4 is 5.97 Å². The second kappa shape index (κ2) is 2.21. The van der Waals surface area contributed by atoms with E-state index in [1.54, 1.807) is 6.08 Å². The minimum Gasteiger partial charge on any atom is -0.481 e. The zero-order valence-electron chi connectivity index (χ0n) is 5.37. The minimum absolute atomic E-state index is 0.231. The molecule has 1 unspecified atom stereocenters. The van der Waals surface area contributed by atoms with Crippen LogP contribution in [0.5, 0.6) is 0 Å². The molecule has 0 aromatic rings. The molecule has 0 spiro atoms. The standard InChI is InChI=1S/C7H10O2/c1-5-3-2-4-6(5)7(8)9/h2,4-6H,3H2,1H3,(H,8,9)/t5-,6?/m0/s1. The van der Waals surface area contributed by atoms with E-state index in [4.69, 9.17) is 5.11 Å². The summed E-state index contributed by atoms with van der Waals surface area (Å²) in [6.07, 6.45) is 4.62. The molecule has 2 nitrogen and oxygen atoms in total. The van der Waals surface area contributed by atoms with Crippen LogP contribution in [0.3, 0.4) is 0 Å². The van der Waals surface area contributed by atoms with E-state index in [2.05, 4.69) is 0 Å². The molecular formula is C7H10O2. The van der Waals surface area contributed by atoms with Gasteiger partial charge in [0.05, 0.1) is 5.92 Å². The Hall–Kier alpha value is -0.790. The lowest BCUT2D eigenvalue weighted by Gasteiger charge is -2.07. The first-order chi connectivity index (χ1) is 4.22. The van der Waals surface area contributed by atoms with Crippen LogP contribution >= 0.6 is 0 Å². The highest BCUT2D eigenvalue weighted by Crippen LogP contribution is 2.23. The number of hydrogen-bond donors (Lipinski definition) is 1. The number of carbonyl (C=O) groups is 1. The molecule has 2 heteroatoms. The Bertz CT molecular complexity index is 149. The van der Waals surface area contributed by atoms with Gasteiger partial charge in [-0.15, -0.1) is 0 Å². The third-order valence-electron chi connectivity index (χ3n) is 1.75. The van der Waals surface area contributed by atoms with Crippen molar-refractivity contribution in [2.45, 2.75) is 13.3 Å². The molecule has 1 aliphatic rings. The van der Waals surface area contributed by atoms with E-state index in [1.165, 1.54) is 0 Å². The molecule has 0 amide bonds. The van der Waals surface area contributed by atoms with Gasteiger partial charge in [0.2, 0.25) is 0 Å². The predicted octanol–water partition coefficient (Wildman–Crippen LogP) is 1.28. The Balaban J connectivity index is 2.59. The van der Waals surface area contributed by atoms with Gasteiger partial charge in [0.25, 0.3) is 0 Å². The first kappa shape index (κ1) is 6.33. The molecule has 0 heterocycles. The van der Waals surface area contributed by atoms with Gasteiger partial charge in [-0.25, -0.2) is 0 Å². The summed E-state index contributed by atoms with van der Waals surface area (Å²) in [7, 11) is 0. The average Bonchev–Trinajstić information content (AvgIpc) is 2.13. The van der Waals surface area contributed by atoms with Crippen LogP contribution in [0.4, 0.5) is 0 Å². The summed E-state index contributed by atoms with van der Waals surface area (Å²) in [5, 5.41) is 8.53. The molecule has 0 fully saturated rings. The molecule has 2 atom stereocenters. The third kappa shape index (κ3) is 1.12. The Kier molecular flexibility index (Phi) is 1.56. The zero-order chi connectivity index (χ0) is 6.85. The SMILES string of the molecule is C[C@H]1CC=CC1C(=O)O. The van der Waals surface area contributed by atoms with E-state index in [-0.39, 0.29) is 5.92 Å². The fourth-order valence-electron chi connectivity index (χ4n) is 1.10. The van der Waals surface area contributed by atoms with Crippen LogP contribution in [0.1, 0.15) is 13.3 Å². The van der Waals surface area contributed by atoms with Crippen LogP contribution in [-0.4, -0.2) is 11.1 Å². The molecule has 1 aliphatic carbocycles. The minimum atomic E-state index is -0.698. The van der Waals surface area contributed by atoms with E-state index in [0.717, 1.165) is 6.42 Å². The maximum Gasteiger partial charge on any atom is 0.310 e. The summed E-state index contributed by atoms with van der Waals surface area (Å²) in [4.78, 5) is 10.4.